The van der Waals surface area contributed by atoms with Crippen LogP contribution in [0.4, 0.5) is 0 Å². The maximum atomic E-state index is 8.76. The molecule has 0 aromatic carbocycles. The number of aliphatic hydroxyl groups excluding tert-OH is 1. The van der Waals surface area contributed by atoms with Crippen molar-refractivity contribution in [1.29, 1.82) is 0 Å². The summed E-state index contributed by atoms with van der Waals surface area (Å²) < 4.78 is 0. The molecule has 2 N–H and O–H groups in total. The average molecular weight is 190 g/mol. The molecule has 0 spiro atoms. The molecular formula is C9H10N4O. The summed E-state index contributed by atoms with van der Waals surface area (Å²) in [5, 5.41) is 15.4. The fourth-order valence-corrected chi connectivity index (χ4v) is 1.18. The molecule has 14 heavy (non-hydrogen) atoms. The first kappa shape index (κ1) is 8.83. The third-order valence-electron chi connectivity index (χ3n) is 1.84. The van der Waals surface area contributed by atoms with E-state index in [9.17, 15) is 0 Å². The molecular weight excluding hydrogens is 180 g/mol. The van der Waals surface area contributed by atoms with Gasteiger partial charge in [0.2, 0.25) is 0 Å². The normalized spacial score (nSPS) is 10.4. The summed E-state index contributed by atoms with van der Waals surface area (Å²) in [6.45, 7) is -0.132. The Morgan fingerprint density at radius 3 is 2.71 bits per heavy atom. The maximum Gasteiger partial charge on any atom is 0.176 e. The van der Waals surface area contributed by atoms with Gasteiger partial charge in [-0.25, -0.2) is 4.98 Å². The number of nitrogens with one attached hydrogen (secondary N) is 1. The molecule has 5 nitrogen and oxygen atoms in total. The first-order valence-corrected chi connectivity index (χ1v) is 4.28. The van der Waals surface area contributed by atoms with Crippen molar-refractivity contribution in [1.82, 2.24) is 20.2 Å². The Kier molecular flexibility index (Phi) is 2.51. The molecule has 2 aromatic rings. The quantitative estimate of drug-likeness (QED) is 0.729. The fraction of sp³-hybridized carbons (Fsp3) is 0.222. The van der Waals surface area contributed by atoms with Crippen LogP contribution in [0.5, 0.6) is 0 Å². The molecule has 0 amide bonds. The highest BCUT2D eigenvalue weighted by Crippen LogP contribution is 2.03. The van der Waals surface area contributed by atoms with Crippen molar-refractivity contribution < 1.29 is 5.11 Å². The van der Waals surface area contributed by atoms with Crippen LogP contribution in [0.1, 0.15) is 17.2 Å². The largest absolute Gasteiger partial charge is 0.388 e. The van der Waals surface area contributed by atoms with Crippen molar-refractivity contribution in [2.45, 2.75) is 13.0 Å². The lowest BCUT2D eigenvalue weighted by Gasteiger charge is -1.94. The Bertz CT molecular complexity index is 398. The van der Waals surface area contributed by atoms with Crippen LogP contribution >= 0.6 is 0 Å². The van der Waals surface area contributed by atoms with Crippen molar-refractivity contribution in [3.63, 3.8) is 0 Å². The molecule has 0 aliphatic heterocycles. The first-order chi connectivity index (χ1) is 6.88. The van der Waals surface area contributed by atoms with Gasteiger partial charge in [-0.05, 0) is 17.7 Å². The second-order valence-electron chi connectivity index (χ2n) is 2.89. The van der Waals surface area contributed by atoms with E-state index >= 15 is 0 Å². The van der Waals surface area contributed by atoms with Crippen molar-refractivity contribution in [2.24, 2.45) is 0 Å². The lowest BCUT2D eigenvalue weighted by atomic mass is 10.2. The third kappa shape index (κ3) is 1.94. The minimum Gasteiger partial charge on any atom is -0.388 e. The van der Waals surface area contributed by atoms with E-state index in [1.54, 1.807) is 12.4 Å². The molecule has 0 saturated carbocycles. The molecule has 0 saturated heterocycles. The zero-order valence-corrected chi connectivity index (χ0v) is 7.51. The Morgan fingerprint density at radius 1 is 1.29 bits per heavy atom. The van der Waals surface area contributed by atoms with Crippen LogP contribution in [-0.4, -0.2) is 25.3 Å². The number of H-pyrrole nitrogens is 1. The molecule has 0 bridgehead atoms. The van der Waals surface area contributed by atoms with Crippen LogP contribution in [-0.2, 0) is 13.0 Å². The van der Waals surface area contributed by atoms with Gasteiger partial charge in [-0.1, -0.05) is 0 Å². The van der Waals surface area contributed by atoms with E-state index in [1.807, 2.05) is 12.1 Å². The lowest BCUT2D eigenvalue weighted by Crippen LogP contribution is -1.91. The minimum absolute atomic E-state index is 0.132. The predicted molar refractivity (Wildman–Crippen MR) is 49.3 cm³/mol. The number of aliphatic hydroxyl groups is 1. The third-order valence-corrected chi connectivity index (χ3v) is 1.84. The van der Waals surface area contributed by atoms with Crippen molar-refractivity contribution in [2.75, 3.05) is 0 Å². The molecule has 0 aliphatic carbocycles. The van der Waals surface area contributed by atoms with E-state index in [1.165, 1.54) is 0 Å². The van der Waals surface area contributed by atoms with Crippen LogP contribution in [0.3, 0.4) is 0 Å². The highest BCUT2D eigenvalue weighted by molar-refractivity contribution is 5.14. The zero-order chi connectivity index (χ0) is 9.80. The van der Waals surface area contributed by atoms with Crippen molar-refractivity contribution >= 4 is 0 Å². The van der Waals surface area contributed by atoms with Crippen molar-refractivity contribution in [3.8, 4) is 0 Å². The number of pyridine rings is 1. The Balaban J connectivity index is 2.11. The Labute approximate surface area is 80.8 Å². The highest BCUT2D eigenvalue weighted by atomic mass is 16.3. The summed E-state index contributed by atoms with van der Waals surface area (Å²) in [5.41, 5.74) is 1.11. The van der Waals surface area contributed by atoms with E-state index in [2.05, 4.69) is 20.2 Å². The summed E-state index contributed by atoms with van der Waals surface area (Å²) in [7, 11) is 0. The summed E-state index contributed by atoms with van der Waals surface area (Å²) in [4.78, 5) is 8.01. The molecule has 0 atom stereocenters. The van der Waals surface area contributed by atoms with Gasteiger partial charge in [0.05, 0.1) is 0 Å². The van der Waals surface area contributed by atoms with Gasteiger partial charge in [0.25, 0.3) is 0 Å². The van der Waals surface area contributed by atoms with Gasteiger partial charge in [-0.3, -0.25) is 10.1 Å². The summed E-state index contributed by atoms with van der Waals surface area (Å²) >= 11 is 0. The van der Waals surface area contributed by atoms with E-state index in [4.69, 9.17) is 5.11 Å². The fourth-order valence-electron chi connectivity index (χ4n) is 1.18. The summed E-state index contributed by atoms with van der Waals surface area (Å²) in [5.74, 6) is 1.18. The topological polar surface area (TPSA) is 74.7 Å². The van der Waals surface area contributed by atoms with Crippen LogP contribution in [0.2, 0.25) is 0 Å². The van der Waals surface area contributed by atoms with Crippen LogP contribution in [0.25, 0.3) is 0 Å². The number of rotatable bonds is 3. The van der Waals surface area contributed by atoms with Gasteiger partial charge in [0, 0.05) is 18.8 Å². The molecule has 0 unspecified atom stereocenters. The second-order valence-corrected chi connectivity index (χ2v) is 2.89. The van der Waals surface area contributed by atoms with Gasteiger partial charge in [-0.2, -0.15) is 5.10 Å². The van der Waals surface area contributed by atoms with Crippen LogP contribution in [0.15, 0.2) is 24.5 Å². The number of hydrogen-bond acceptors (Lipinski definition) is 4. The SMILES string of the molecule is OCc1n[nH]c(Cc2ccncc2)n1. The molecule has 0 fully saturated rings. The Hall–Kier alpha value is -1.75. The van der Waals surface area contributed by atoms with Crippen molar-refractivity contribution in [3.05, 3.63) is 41.7 Å². The van der Waals surface area contributed by atoms with E-state index < -0.39 is 0 Å². The lowest BCUT2D eigenvalue weighted by molar-refractivity contribution is 0.272. The van der Waals surface area contributed by atoms with E-state index in [-0.39, 0.29) is 6.61 Å². The molecule has 2 heterocycles. The zero-order valence-electron chi connectivity index (χ0n) is 7.51. The van der Waals surface area contributed by atoms with E-state index in [0.29, 0.717) is 12.2 Å². The molecule has 0 radical (unpaired) electrons. The summed E-state index contributed by atoms with van der Waals surface area (Å²) in [6, 6.07) is 3.84. The first-order valence-electron chi connectivity index (χ1n) is 4.28. The number of hydrogen-bond donors (Lipinski definition) is 2. The highest BCUT2D eigenvalue weighted by Gasteiger charge is 2.02. The van der Waals surface area contributed by atoms with Gasteiger partial charge in [-0.15, -0.1) is 0 Å². The van der Waals surface area contributed by atoms with Gasteiger partial charge in [0.15, 0.2) is 5.82 Å². The molecule has 2 rings (SSSR count). The molecule has 5 heteroatoms. The van der Waals surface area contributed by atoms with Crippen LogP contribution < -0.4 is 0 Å². The van der Waals surface area contributed by atoms with Gasteiger partial charge < -0.3 is 5.11 Å². The monoisotopic (exact) mass is 190 g/mol. The number of aromatic amines is 1. The number of aromatic nitrogens is 4. The van der Waals surface area contributed by atoms with Gasteiger partial charge >= 0.3 is 0 Å². The molecule has 0 aliphatic rings. The average Bonchev–Trinajstić information content (AvgIpc) is 2.67. The van der Waals surface area contributed by atoms with E-state index in [0.717, 1.165) is 11.4 Å². The van der Waals surface area contributed by atoms with Gasteiger partial charge in [0.1, 0.15) is 12.4 Å². The summed E-state index contributed by atoms with van der Waals surface area (Å²) in [6.07, 6.45) is 4.15. The second kappa shape index (κ2) is 3.97. The standard InChI is InChI=1S/C9H10N4O/c14-6-9-11-8(12-13-9)5-7-1-3-10-4-2-7/h1-4,14H,5-6H2,(H,11,12,13). The smallest absolute Gasteiger partial charge is 0.176 e. The Morgan fingerprint density at radius 2 is 2.07 bits per heavy atom. The minimum atomic E-state index is -0.132. The molecule has 72 valence electrons. The maximum absolute atomic E-state index is 8.76. The predicted octanol–water partition coefficient (Wildman–Crippen LogP) is 0.283. The molecule has 2 aromatic heterocycles. The van der Waals surface area contributed by atoms with Crippen LogP contribution in [0, 0.1) is 0 Å². The number of nitrogens with zero attached hydrogens (tertiary/aromatic N) is 3.